The fourth-order valence-corrected chi connectivity index (χ4v) is 4.70. The van der Waals surface area contributed by atoms with Gasteiger partial charge in [-0.05, 0) is 37.5 Å². The molecule has 0 radical (unpaired) electrons. The summed E-state index contributed by atoms with van der Waals surface area (Å²) in [4.78, 5) is 45.6. The molecule has 0 saturated heterocycles. The predicted octanol–water partition coefficient (Wildman–Crippen LogP) is 2.83. The lowest BCUT2D eigenvalue weighted by Crippen LogP contribution is -2.45. The van der Waals surface area contributed by atoms with E-state index in [2.05, 4.69) is 10.3 Å². The number of Topliss-reactive ketones (excluding diaryl/α,β-unsaturated/α-hetero) is 1. The number of urea groups is 1. The van der Waals surface area contributed by atoms with Gasteiger partial charge in [-0.2, -0.15) is 0 Å². The first kappa shape index (κ1) is 26.9. The number of fused-ring (bicyclic) bond motifs is 2. The van der Waals surface area contributed by atoms with E-state index in [1.165, 1.54) is 11.9 Å². The molecule has 38 heavy (non-hydrogen) atoms. The van der Waals surface area contributed by atoms with Gasteiger partial charge in [-0.1, -0.05) is 20.8 Å². The molecule has 202 valence electrons. The van der Waals surface area contributed by atoms with Gasteiger partial charge in [0, 0.05) is 30.3 Å². The van der Waals surface area contributed by atoms with Gasteiger partial charge in [0.1, 0.15) is 23.4 Å². The molecule has 0 bridgehead atoms. The zero-order chi connectivity index (χ0) is 27.9. The maximum absolute atomic E-state index is 13.6. The summed E-state index contributed by atoms with van der Waals surface area (Å²) in [6.07, 6.45) is -0.255. The first-order chi connectivity index (χ1) is 17.8. The molecule has 4 rings (SSSR count). The molecular weight excluding hydrogens is 488 g/mol. The molecule has 2 aliphatic rings. The lowest BCUT2D eigenvalue weighted by molar-refractivity contribution is 0.0949. The average molecular weight is 523 g/mol. The second-order valence-corrected chi connectivity index (χ2v) is 10.5. The summed E-state index contributed by atoms with van der Waals surface area (Å²) < 4.78 is 11.7. The average Bonchev–Trinajstić information content (AvgIpc) is 3.15. The normalized spacial score (nSPS) is 16.5. The molecule has 1 atom stereocenters. The van der Waals surface area contributed by atoms with Crippen LogP contribution < -0.4 is 25.4 Å². The van der Waals surface area contributed by atoms with Gasteiger partial charge in [0.05, 0.1) is 25.4 Å². The Kier molecular flexibility index (Phi) is 7.05. The highest BCUT2D eigenvalue weighted by molar-refractivity contribution is 6.06. The van der Waals surface area contributed by atoms with Crippen LogP contribution in [0.1, 0.15) is 72.3 Å². The van der Waals surface area contributed by atoms with Crippen molar-refractivity contribution in [2.75, 3.05) is 31.6 Å². The zero-order valence-corrected chi connectivity index (χ0v) is 22.6. The van der Waals surface area contributed by atoms with Gasteiger partial charge in [0.25, 0.3) is 5.91 Å². The number of anilines is 1. The second-order valence-electron chi connectivity index (χ2n) is 10.5. The molecule has 0 saturated carbocycles. The molecule has 11 nitrogen and oxygen atoms in total. The highest BCUT2D eigenvalue weighted by Gasteiger charge is 2.35. The number of pyridine rings is 1. The monoisotopic (exact) mass is 522 g/mol. The van der Waals surface area contributed by atoms with Gasteiger partial charge in [0.2, 0.25) is 0 Å². The van der Waals surface area contributed by atoms with Crippen molar-refractivity contribution in [3.8, 4) is 11.5 Å². The van der Waals surface area contributed by atoms with Crippen molar-refractivity contribution >= 4 is 29.2 Å². The molecule has 11 heteroatoms. The molecule has 3 amide bonds. The third-order valence-corrected chi connectivity index (χ3v) is 6.56. The van der Waals surface area contributed by atoms with Crippen molar-refractivity contribution in [3.05, 3.63) is 46.3 Å². The standard InChI is InChI=1S/C27H34N6O5/c1-7-37-20-10-16-12-32(24(28)21(16)31-22(20)25(35)30-6)13-19(34)15-8-17(27(3,4)5)23-18(9-15)33(26(29)36)11-14(2)38-23/h8-10,14,28H,7,11-13H2,1-6H3,(H2,29,36)(H,30,35). The van der Waals surface area contributed by atoms with Crippen LogP contribution in [0.4, 0.5) is 10.5 Å². The van der Waals surface area contributed by atoms with E-state index in [4.69, 9.17) is 20.6 Å². The fourth-order valence-electron chi connectivity index (χ4n) is 4.70. The highest BCUT2D eigenvalue weighted by Crippen LogP contribution is 2.43. The fraction of sp³-hybridized carbons (Fsp3) is 0.444. The van der Waals surface area contributed by atoms with E-state index in [-0.39, 0.29) is 48.5 Å². The number of primary amides is 1. The topological polar surface area (TPSA) is 151 Å². The molecule has 4 N–H and O–H groups in total. The van der Waals surface area contributed by atoms with Crippen LogP contribution in [0, 0.1) is 5.41 Å². The largest absolute Gasteiger partial charge is 0.491 e. The number of carbonyl (C=O) groups is 3. The Morgan fingerprint density at radius 1 is 1.26 bits per heavy atom. The predicted molar refractivity (Wildman–Crippen MR) is 143 cm³/mol. The molecule has 1 aromatic heterocycles. The Hall–Kier alpha value is -4.15. The van der Waals surface area contributed by atoms with E-state index in [0.29, 0.717) is 40.6 Å². The third-order valence-electron chi connectivity index (χ3n) is 6.56. The van der Waals surface area contributed by atoms with Crippen LogP contribution in [0.15, 0.2) is 18.2 Å². The lowest BCUT2D eigenvalue weighted by atomic mass is 9.84. The van der Waals surface area contributed by atoms with E-state index < -0.39 is 11.9 Å². The van der Waals surface area contributed by atoms with E-state index >= 15 is 0 Å². The van der Waals surface area contributed by atoms with Crippen LogP contribution in [0.3, 0.4) is 0 Å². The van der Waals surface area contributed by atoms with E-state index in [0.717, 1.165) is 5.56 Å². The van der Waals surface area contributed by atoms with Crippen LogP contribution in [0.2, 0.25) is 0 Å². The van der Waals surface area contributed by atoms with Crippen LogP contribution in [-0.2, 0) is 12.0 Å². The Morgan fingerprint density at radius 3 is 2.58 bits per heavy atom. The van der Waals surface area contributed by atoms with Crippen LogP contribution >= 0.6 is 0 Å². The van der Waals surface area contributed by atoms with E-state index in [9.17, 15) is 14.4 Å². The minimum atomic E-state index is -0.620. The Labute approximate surface area is 221 Å². The quantitative estimate of drug-likeness (QED) is 0.494. The molecule has 2 aromatic rings. The third kappa shape index (κ3) is 4.88. The number of rotatable bonds is 6. The van der Waals surface area contributed by atoms with Crippen LogP contribution in [0.5, 0.6) is 11.5 Å². The smallest absolute Gasteiger partial charge is 0.319 e. The summed E-state index contributed by atoms with van der Waals surface area (Å²) in [6, 6.07) is 4.51. The summed E-state index contributed by atoms with van der Waals surface area (Å²) in [5.74, 6) is 0.263. The minimum Gasteiger partial charge on any atom is -0.491 e. The van der Waals surface area contributed by atoms with Crippen LogP contribution in [-0.4, -0.2) is 66.3 Å². The number of nitrogens with one attached hydrogen (secondary N) is 2. The first-order valence-corrected chi connectivity index (χ1v) is 12.5. The van der Waals surface area contributed by atoms with Crippen molar-refractivity contribution in [2.45, 2.75) is 52.7 Å². The summed E-state index contributed by atoms with van der Waals surface area (Å²) in [7, 11) is 1.50. The lowest BCUT2D eigenvalue weighted by Gasteiger charge is -2.36. The van der Waals surface area contributed by atoms with Crippen molar-refractivity contribution in [2.24, 2.45) is 5.73 Å². The summed E-state index contributed by atoms with van der Waals surface area (Å²) >= 11 is 0. The summed E-state index contributed by atoms with van der Waals surface area (Å²) in [5, 5.41) is 11.2. The maximum atomic E-state index is 13.6. The van der Waals surface area contributed by atoms with Gasteiger partial charge >= 0.3 is 6.03 Å². The number of aromatic nitrogens is 1. The Balaban J connectivity index is 1.68. The van der Waals surface area contributed by atoms with Crippen LogP contribution in [0.25, 0.3) is 0 Å². The molecule has 3 heterocycles. The van der Waals surface area contributed by atoms with Crippen molar-refractivity contribution < 1.29 is 23.9 Å². The van der Waals surface area contributed by atoms with Gasteiger partial charge in [-0.25, -0.2) is 9.78 Å². The Morgan fingerprint density at radius 2 is 1.97 bits per heavy atom. The first-order valence-electron chi connectivity index (χ1n) is 12.5. The number of hydrogen-bond donors (Lipinski definition) is 3. The molecule has 0 fully saturated rings. The minimum absolute atomic E-state index is 0.0477. The zero-order valence-electron chi connectivity index (χ0n) is 22.6. The van der Waals surface area contributed by atoms with Gasteiger partial charge in [-0.3, -0.25) is 19.9 Å². The molecular formula is C27H34N6O5. The number of benzene rings is 1. The number of amidine groups is 1. The number of hydrogen-bond acceptors (Lipinski definition) is 7. The summed E-state index contributed by atoms with van der Waals surface area (Å²) in [5.41, 5.74) is 8.05. The SMILES string of the molecule is CCOc1cc2c(nc1C(=O)NC)C(=N)N(CC(=O)c1cc3c(c(C(C)(C)C)c1)OC(C)CN3C(N)=O)C2. The molecule has 0 aliphatic carbocycles. The van der Waals surface area contributed by atoms with Gasteiger partial charge in [-0.15, -0.1) is 0 Å². The number of ketones is 1. The van der Waals surface area contributed by atoms with Crippen molar-refractivity contribution in [1.29, 1.82) is 5.41 Å². The number of nitrogens with zero attached hydrogens (tertiary/aromatic N) is 3. The molecule has 0 spiro atoms. The van der Waals surface area contributed by atoms with E-state index in [1.54, 1.807) is 23.1 Å². The number of ether oxygens (including phenoxy) is 2. The van der Waals surface area contributed by atoms with Crippen molar-refractivity contribution in [3.63, 3.8) is 0 Å². The van der Waals surface area contributed by atoms with E-state index in [1.807, 2.05) is 34.6 Å². The maximum Gasteiger partial charge on any atom is 0.319 e. The second kappa shape index (κ2) is 9.96. The molecule has 2 aliphatic heterocycles. The number of amides is 3. The van der Waals surface area contributed by atoms with Crippen molar-refractivity contribution in [1.82, 2.24) is 15.2 Å². The summed E-state index contributed by atoms with van der Waals surface area (Å²) in [6.45, 7) is 10.5. The van der Waals surface area contributed by atoms with Gasteiger partial charge < -0.3 is 25.4 Å². The van der Waals surface area contributed by atoms with Gasteiger partial charge in [0.15, 0.2) is 17.2 Å². The number of nitrogens with two attached hydrogens (primary N) is 1. The Bertz CT molecular complexity index is 1330. The molecule has 1 aromatic carbocycles. The number of carbonyl (C=O) groups excluding carboxylic acids is 3. The molecule has 1 unspecified atom stereocenters. The highest BCUT2D eigenvalue weighted by atomic mass is 16.5.